The number of hydrogen-bond acceptors (Lipinski definition) is 1. The SMILES string of the molecule is Cc1c(Cl)ccc2nc(CCl)n(CC3CCC3)c12. The second kappa shape index (κ2) is 4.75. The third-order valence-electron chi connectivity index (χ3n) is 3.96. The zero-order chi connectivity index (χ0) is 12.7. The fourth-order valence-electron chi connectivity index (χ4n) is 2.65. The molecule has 2 nitrogen and oxygen atoms in total. The molecule has 1 saturated carbocycles. The van der Waals surface area contributed by atoms with Crippen LogP contribution in [0.25, 0.3) is 11.0 Å². The zero-order valence-corrected chi connectivity index (χ0v) is 11.9. The molecule has 0 radical (unpaired) electrons. The second-order valence-corrected chi connectivity index (χ2v) is 5.78. The summed E-state index contributed by atoms with van der Waals surface area (Å²) in [7, 11) is 0. The van der Waals surface area contributed by atoms with Crippen LogP contribution in [0.5, 0.6) is 0 Å². The van der Waals surface area contributed by atoms with Gasteiger partial charge in [0.2, 0.25) is 0 Å². The molecule has 1 aromatic heterocycles. The first-order chi connectivity index (χ1) is 8.70. The molecule has 4 heteroatoms. The van der Waals surface area contributed by atoms with Gasteiger partial charge in [0, 0.05) is 11.6 Å². The van der Waals surface area contributed by atoms with E-state index in [0.29, 0.717) is 5.88 Å². The van der Waals surface area contributed by atoms with Gasteiger partial charge < -0.3 is 4.57 Å². The van der Waals surface area contributed by atoms with E-state index in [2.05, 4.69) is 16.5 Å². The highest BCUT2D eigenvalue weighted by Gasteiger charge is 2.21. The summed E-state index contributed by atoms with van der Waals surface area (Å²) in [5.41, 5.74) is 3.27. The van der Waals surface area contributed by atoms with E-state index < -0.39 is 0 Å². The average Bonchev–Trinajstić information content (AvgIpc) is 2.67. The Labute approximate surface area is 117 Å². The predicted molar refractivity (Wildman–Crippen MR) is 76.4 cm³/mol. The first-order valence-corrected chi connectivity index (χ1v) is 7.32. The van der Waals surface area contributed by atoms with Crippen LogP contribution in [-0.4, -0.2) is 9.55 Å². The summed E-state index contributed by atoms with van der Waals surface area (Å²) in [5, 5.41) is 0.804. The van der Waals surface area contributed by atoms with Crippen molar-refractivity contribution in [3.05, 3.63) is 28.5 Å². The van der Waals surface area contributed by atoms with E-state index in [1.165, 1.54) is 19.3 Å². The van der Waals surface area contributed by atoms with Crippen LogP contribution < -0.4 is 0 Å². The predicted octanol–water partition coefficient (Wildman–Crippen LogP) is 4.54. The Balaban J connectivity index is 2.15. The molecule has 1 fully saturated rings. The number of benzene rings is 1. The monoisotopic (exact) mass is 282 g/mol. The van der Waals surface area contributed by atoms with Crippen molar-refractivity contribution in [3.63, 3.8) is 0 Å². The Hall–Kier alpha value is -0.730. The number of fused-ring (bicyclic) bond motifs is 1. The summed E-state index contributed by atoms with van der Waals surface area (Å²) >= 11 is 12.2. The van der Waals surface area contributed by atoms with Crippen molar-refractivity contribution >= 4 is 34.2 Å². The summed E-state index contributed by atoms with van der Waals surface area (Å²) in [5.74, 6) is 2.20. The molecule has 0 aliphatic heterocycles. The number of hydrogen-bond donors (Lipinski definition) is 0. The van der Waals surface area contributed by atoms with Gasteiger partial charge >= 0.3 is 0 Å². The van der Waals surface area contributed by atoms with Crippen LogP contribution in [-0.2, 0) is 12.4 Å². The molecule has 0 unspecified atom stereocenters. The zero-order valence-electron chi connectivity index (χ0n) is 10.4. The number of aromatic nitrogens is 2. The maximum Gasteiger partial charge on any atom is 0.124 e. The van der Waals surface area contributed by atoms with Crippen molar-refractivity contribution in [1.29, 1.82) is 0 Å². The lowest BCUT2D eigenvalue weighted by Gasteiger charge is -2.26. The molecule has 18 heavy (non-hydrogen) atoms. The molecule has 2 aromatic rings. The first-order valence-electron chi connectivity index (χ1n) is 6.41. The molecule has 0 spiro atoms. The summed E-state index contributed by atoms with van der Waals surface area (Å²) in [6, 6.07) is 3.90. The second-order valence-electron chi connectivity index (χ2n) is 5.11. The summed E-state index contributed by atoms with van der Waals surface area (Å²) in [4.78, 5) is 4.62. The van der Waals surface area contributed by atoms with Crippen LogP contribution in [0.1, 0.15) is 30.7 Å². The molecular formula is C14H16Cl2N2. The Morgan fingerprint density at radius 3 is 2.78 bits per heavy atom. The Bertz CT molecular complexity index is 585. The summed E-state index contributed by atoms with van der Waals surface area (Å²) in [6.45, 7) is 3.08. The van der Waals surface area contributed by atoms with E-state index in [1.54, 1.807) is 0 Å². The molecule has 1 heterocycles. The van der Waals surface area contributed by atoms with E-state index in [-0.39, 0.29) is 0 Å². The van der Waals surface area contributed by atoms with Gasteiger partial charge in [-0.1, -0.05) is 18.0 Å². The van der Waals surface area contributed by atoms with Gasteiger partial charge in [-0.15, -0.1) is 11.6 Å². The standard InChI is InChI=1S/C14H16Cl2N2/c1-9-11(16)5-6-12-14(9)18(13(7-15)17-12)8-10-3-2-4-10/h5-6,10H,2-4,7-8H2,1H3. The molecule has 3 rings (SSSR count). The first kappa shape index (κ1) is 12.3. The number of nitrogens with zero attached hydrogens (tertiary/aromatic N) is 2. The van der Waals surface area contributed by atoms with E-state index >= 15 is 0 Å². The van der Waals surface area contributed by atoms with Gasteiger partial charge in [0.25, 0.3) is 0 Å². The van der Waals surface area contributed by atoms with E-state index in [9.17, 15) is 0 Å². The molecule has 1 aliphatic rings. The van der Waals surface area contributed by atoms with Gasteiger partial charge in [-0.05, 0) is 43.4 Å². The van der Waals surface area contributed by atoms with Crippen molar-refractivity contribution in [2.75, 3.05) is 0 Å². The van der Waals surface area contributed by atoms with Crippen molar-refractivity contribution < 1.29 is 0 Å². The normalized spacial score (nSPS) is 16.2. The largest absolute Gasteiger partial charge is 0.326 e. The van der Waals surface area contributed by atoms with Crippen LogP contribution in [0, 0.1) is 12.8 Å². The lowest BCUT2D eigenvalue weighted by atomic mass is 9.85. The molecule has 96 valence electrons. The van der Waals surface area contributed by atoms with Crippen LogP contribution >= 0.6 is 23.2 Å². The van der Waals surface area contributed by atoms with Crippen LogP contribution in [0.15, 0.2) is 12.1 Å². The summed E-state index contributed by atoms with van der Waals surface area (Å²) in [6.07, 6.45) is 4.00. The van der Waals surface area contributed by atoms with Crippen molar-refractivity contribution in [3.8, 4) is 0 Å². The van der Waals surface area contributed by atoms with E-state index in [4.69, 9.17) is 23.2 Å². The Morgan fingerprint density at radius 2 is 2.17 bits per heavy atom. The highest BCUT2D eigenvalue weighted by atomic mass is 35.5. The minimum atomic E-state index is 0.457. The van der Waals surface area contributed by atoms with Crippen molar-refractivity contribution in [2.45, 2.75) is 38.6 Å². The molecule has 1 aromatic carbocycles. The topological polar surface area (TPSA) is 17.8 Å². The van der Waals surface area contributed by atoms with Crippen molar-refractivity contribution in [2.24, 2.45) is 5.92 Å². The fourth-order valence-corrected chi connectivity index (χ4v) is 3.01. The highest BCUT2D eigenvalue weighted by molar-refractivity contribution is 6.32. The van der Waals surface area contributed by atoms with Crippen LogP contribution in [0.3, 0.4) is 0 Å². The molecule has 0 amide bonds. The van der Waals surface area contributed by atoms with Gasteiger partial charge in [0.05, 0.1) is 16.9 Å². The third kappa shape index (κ3) is 1.92. The van der Waals surface area contributed by atoms with Gasteiger partial charge in [-0.25, -0.2) is 4.98 Å². The molecule has 0 saturated heterocycles. The number of alkyl halides is 1. The lowest BCUT2D eigenvalue weighted by Crippen LogP contribution is -2.19. The van der Waals surface area contributed by atoms with Gasteiger partial charge in [0.15, 0.2) is 0 Å². The van der Waals surface area contributed by atoms with Crippen LogP contribution in [0.4, 0.5) is 0 Å². The Kier molecular flexibility index (Phi) is 3.25. The molecular weight excluding hydrogens is 267 g/mol. The fraction of sp³-hybridized carbons (Fsp3) is 0.500. The minimum Gasteiger partial charge on any atom is -0.326 e. The molecule has 0 N–H and O–H groups in total. The maximum absolute atomic E-state index is 6.22. The smallest absolute Gasteiger partial charge is 0.124 e. The van der Waals surface area contributed by atoms with Crippen molar-refractivity contribution in [1.82, 2.24) is 9.55 Å². The number of aryl methyl sites for hydroxylation is 1. The number of imidazole rings is 1. The van der Waals surface area contributed by atoms with Gasteiger partial charge in [0.1, 0.15) is 5.82 Å². The molecule has 0 atom stereocenters. The van der Waals surface area contributed by atoms with E-state index in [1.807, 2.05) is 12.1 Å². The lowest BCUT2D eigenvalue weighted by molar-refractivity contribution is 0.277. The van der Waals surface area contributed by atoms with Gasteiger partial charge in [-0.3, -0.25) is 0 Å². The third-order valence-corrected chi connectivity index (χ3v) is 4.61. The quantitative estimate of drug-likeness (QED) is 0.756. The number of rotatable bonds is 3. The van der Waals surface area contributed by atoms with E-state index in [0.717, 1.165) is 39.9 Å². The Morgan fingerprint density at radius 1 is 1.39 bits per heavy atom. The maximum atomic E-state index is 6.22. The molecule has 1 aliphatic carbocycles. The molecule has 0 bridgehead atoms. The minimum absolute atomic E-state index is 0.457. The average molecular weight is 283 g/mol. The number of halogens is 2. The summed E-state index contributed by atoms with van der Waals surface area (Å²) < 4.78 is 2.27. The highest BCUT2D eigenvalue weighted by Crippen LogP contribution is 2.32. The van der Waals surface area contributed by atoms with Gasteiger partial charge in [-0.2, -0.15) is 0 Å². The van der Waals surface area contributed by atoms with Crippen LogP contribution in [0.2, 0.25) is 5.02 Å².